The predicted octanol–water partition coefficient (Wildman–Crippen LogP) is 3.22. The summed E-state index contributed by atoms with van der Waals surface area (Å²) in [5.74, 6) is 1.15. The Hall–Kier alpha value is -2.58. The Kier molecular flexibility index (Phi) is 6.10. The first kappa shape index (κ1) is 22.1. The maximum absolute atomic E-state index is 12.9. The minimum absolute atomic E-state index is 0.0575. The Labute approximate surface area is 178 Å². The summed E-state index contributed by atoms with van der Waals surface area (Å²) in [4.78, 5) is 14.2. The van der Waals surface area contributed by atoms with Gasteiger partial charge in [-0.1, -0.05) is 6.07 Å². The number of fused-ring (bicyclic) bond motifs is 1. The molecule has 0 saturated carbocycles. The Balaban J connectivity index is 1.83. The zero-order chi connectivity index (χ0) is 22.1. The zero-order valence-corrected chi connectivity index (χ0v) is 18.8. The molecule has 0 aliphatic carbocycles. The molecule has 2 aromatic carbocycles. The molecule has 0 radical (unpaired) electrons. The van der Waals surface area contributed by atoms with Gasteiger partial charge in [0.2, 0.25) is 15.9 Å². The summed E-state index contributed by atoms with van der Waals surface area (Å²) in [6.07, 6.45) is 0. The summed E-state index contributed by atoms with van der Waals surface area (Å²) in [6.45, 7) is 8.47. The van der Waals surface area contributed by atoms with Crippen molar-refractivity contribution in [3.8, 4) is 11.5 Å². The van der Waals surface area contributed by atoms with E-state index in [1.807, 2.05) is 13.8 Å². The Bertz CT molecular complexity index is 1060. The predicted molar refractivity (Wildman–Crippen MR) is 116 cm³/mol. The molecule has 162 valence electrons. The average Bonchev–Trinajstić information content (AvgIpc) is 2.88. The van der Waals surface area contributed by atoms with Crippen LogP contribution in [-0.2, 0) is 26.8 Å². The number of nitrogens with one attached hydrogen (secondary N) is 1. The van der Waals surface area contributed by atoms with Crippen LogP contribution in [0.25, 0.3) is 0 Å². The SMILES string of the molecule is CCOc1ccc(CNS(=O)(=O)c2ccc3c(c2)C(C)(C)C(=O)N3C)cc1OCC. The summed E-state index contributed by atoms with van der Waals surface area (Å²) < 4.78 is 39.6. The van der Waals surface area contributed by atoms with Crippen LogP contribution in [0.15, 0.2) is 41.3 Å². The van der Waals surface area contributed by atoms with Gasteiger partial charge in [-0.05, 0) is 69.2 Å². The first-order valence-corrected chi connectivity index (χ1v) is 11.4. The fraction of sp³-hybridized carbons (Fsp3) is 0.409. The Morgan fingerprint density at radius 3 is 2.33 bits per heavy atom. The van der Waals surface area contributed by atoms with Crippen molar-refractivity contribution in [2.45, 2.75) is 44.6 Å². The van der Waals surface area contributed by atoms with Gasteiger partial charge in [0.1, 0.15) is 0 Å². The number of ether oxygens (including phenoxy) is 2. The molecule has 0 spiro atoms. The molecule has 0 fully saturated rings. The number of carbonyl (C=O) groups excluding carboxylic acids is 1. The van der Waals surface area contributed by atoms with E-state index in [4.69, 9.17) is 9.47 Å². The normalized spacial score (nSPS) is 15.2. The summed E-state index contributed by atoms with van der Waals surface area (Å²) in [5, 5.41) is 0. The van der Waals surface area contributed by atoms with Crippen molar-refractivity contribution >= 4 is 21.6 Å². The van der Waals surface area contributed by atoms with Gasteiger partial charge < -0.3 is 14.4 Å². The van der Waals surface area contributed by atoms with Crippen molar-refractivity contribution in [3.63, 3.8) is 0 Å². The highest BCUT2D eigenvalue weighted by Crippen LogP contribution is 2.41. The van der Waals surface area contributed by atoms with Crippen LogP contribution in [0.4, 0.5) is 5.69 Å². The second-order valence-corrected chi connectivity index (χ2v) is 9.41. The number of hydrogen-bond acceptors (Lipinski definition) is 5. The monoisotopic (exact) mass is 432 g/mol. The molecule has 1 heterocycles. The maximum atomic E-state index is 12.9. The zero-order valence-electron chi connectivity index (χ0n) is 18.0. The number of carbonyl (C=O) groups is 1. The first-order chi connectivity index (χ1) is 14.1. The quantitative estimate of drug-likeness (QED) is 0.692. The third-order valence-corrected chi connectivity index (χ3v) is 6.63. The summed E-state index contributed by atoms with van der Waals surface area (Å²) in [5.41, 5.74) is 1.42. The number of amides is 1. The third kappa shape index (κ3) is 4.02. The van der Waals surface area contributed by atoms with Crippen molar-refractivity contribution in [2.75, 3.05) is 25.2 Å². The van der Waals surface area contributed by atoms with Crippen LogP contribution in [0.2, 0.25) is 0 Å². The largest absolute Gasteiger partial charge is 0.490 e. The van der Waals surface area contributed by atoms with Crippen LogP contribution < -0.4 is 19.1 Å². The van der Waals surface area contributed by atoms with E-state index in [2.05, 4.69) is 4.72 Å². The minimum atomic E-state index is -3.76. The molecule has 30 heavy (non-hydrogen) atoms. The van der Waals surface area contributed by atoms with Crippen LogP contribution in [0.3, 0.4) is 0 Å². The van der Waals surface area contributed by atoms with Gasteiger partial charge in [-0.2, -0.15) is 0 Å². The number of sulfonamides is 1. The van der Waals surface area contributed by atoms with Crippen molar-refractivity contribution < 1.29 is 22.7 Å². The second kappa shape index (κ2) is 8.28. The van der Waals surface area contributed by atoms with E-state index in [9.17, 15) is 13.2 Å². The molecule has 0 aromatic heterocycles. The van der Waals surface area contributed by atoms with Crippen molar-refractivity contribution in [3.05, 3.63) is 47.5 Å². The van der Waals surface area contributed by atoms with Crippen LogP contribution in [0.5, 0.6) is 11.5 Å². The van der Waals surface area contributed by atoms with Crippen LogP contribution >= 0.6 is 0 Å². The second-order valence-electron chi connectivity index (χ2n) is 7.64. The molecular weight excluding hydrogens is 404 g/mol. The minimum Gasteiger partial charge on any atom is -0.490 e. The highest BCUT2D eigenvalue weighted by atomic mass is 32.2. The molecule has 3 rings (SSSR count). The molecule has 0 bridgehead atoms. The fourth-order valence-corrected chi connectivity index (χ4v) is 4.63. The van der Waals surface area contributed by atoms with Gasteiger partial charge in [-0.3, -0.25) is 4.79 Å². The van der Waals surface area contributed by atoms with Crippen LogP contribution in [0, 0.1) is 0 Å². The van der Waals surface area contributed by atoms with Gasteiger partial charge in [0.15, 0.2) is 11.5 Å². The Morgan fingerprint density at radius 2 is 1.67 bits per heavy atom. The van der Waals surface area contributed by atoms with Gasteiger partial charge in [-0.25, -0.2) is 13.1 Å². The number of hydrogen-bond donors (Lipinski definition) is 1. The lowest BCUT2D eigenvalue weighted by Gasteiger charge is -2.17. The summed E-state index contributed by atoms with van der Waals surface area (Å²) in [7, 11) is -2.06. The lowest BCUT2D eigenvalue weighted by molar-refractivity contribution is -0.121. The highest BCUT2D eigenvalue weighted by molar-refractivity contribution is 7.89. The number of rotatable bonds is 8. The van der Waals surface area contributed by atoms with Crippen LogP contribution in [0.1, 0.15) is 38.8 Å². The molecule has 1 N–H and O–H groups in total. The fourth-order valence-electron chi connectivity index (χ4n) is 3.59. The van der Waals surface area contributed by atoms with Gasteiger partial charge in [0, 0.05) is 19.3 Å². The van der Waals surface area contributed by atoms with E-state index in [0.29, 0.717) is 30.3 Å². The van der Waals surface area contributed by atoms with E-state index >= 15 is 0 Å². The van der Waals surface area contributed by atoms with Gasteiger partial charge in [-0.15, -0.1) is 0 Å². The van der Waals surface area contributed by atoms with E-state index in [-0.39, 0.29) is 17.3 Å². The highest BCUT2D eigenvalue weighted by Gasteiger charge is 2.42. The van der Waals surface area contributed by atoms with Gasteiger partial charge >= 0.3 is 0 Å². The van der Waals surface area contributed by atoms with E-state index in [1.54, 1.807) is 56.1 Å². The standard InChI is InChI=1S/C22H28N2O5S/c1-6-28-19-11-8-15(12-20(19)29-7-2)14-23-30(26,27)16-9-10-18-17(13-16)22(3,4)21(25)24(18)5/h8-13,23H,6-7,14H2,1-5H3. The molecule has 1 amide bonds. The van der Waals surface area contributed by atoms with Gasteiger partial charge in [0.25, 0.3) is 0 Å². The molecular formula is C22H28N2O5S. The lowest BCUT2D eigenvalue weighted by atomic mass is 9.86. The number of anilines is 1. The average molecular weight is 433 g/mol. The topological polar surface area (TPSA) is 84.9 Å². The molecule has 0 unspecified atom stereocenters. The number of likely N-dealkylation sites (N-methyl/N-ethyl adjacent to an activating group) is 1. The first-order valence-electron chi connectivity index (χ1n) is 9.92. The molecule has 1 aliphatic rings. The summed E-state index contributed by atoms with van der Waals surface area (Å²) >= 11 is 0. The molecule has 8 heteroatoms. The van der Waals surface area contributed by atoms with Crippen molar-refractivity contribution in [1.29, 1.82) is 0 Å². The van der Waals surface area contributed by atoms with Gasteiger partial charge in [0.05, 0.1) is 23.5 Å². The number of nitrogens with zero attached hydrogens (tertiary/aromatic N) is 1. The molecule has 0 saturated heterocycles. The number of benzene rings is 2. The van der Waals surface area contributed by atoms with Crippen molar-refractivity contribution in [2.24, 2.45) is 0 Å². The maximum Gasteiger partial charge on any atom is 0.240 e. The third-order valence-electron chi connectivity index (χ3n) is 5.23. The lowest BCUT2D eigenvalue weighted by Crippen LogP contribution is -2.33. The molecule has 0 atom stereocenters. The molecule has 1 aliphatic heterocycles. The summed E-state index contributed by atoms with van der Waals surface area (Å²) in [6, 6.07) is 10.1. The molecule has 2 aromatic rings. The smallest absolute Gasteiger partial charge is 0.240 e. The Morgan fingerprint density at radius 1 is 1.00 bits per heavy atom. The van der Waals surface area contributed by atoms with E-state index in [1.165, 1.54) is 6.07 Å². The van der Waals surface area contributed by atoms with Crippen LogP contribution in [-0.4, -0.2) is 34.6 Å². The molecule has 7 nitrogen and oxygen atoms in total. The van der Waals surface area contributed by atoms with Crippen molar-refractivity contribution in [1.82, 2.24) is 4.72 Å². The van der Waals surface area contributed by atoms with E-state index in [0.717, 1.165) is 11.3 Å². The van der Waals surface area contributed by atoms with E-state index < -0.39 is 15.4 Å².